The normalized spacial score (nSPS) is 12.2. The second kappa shape index (κ2) is 5.32. The lowest BCUT2D eigenvalue weighted by Gasteiger charge is -2.10. The Bertz CT molecular complexity index is 738. The molecule has 106 valence electrons. The van der Waals surface area contributed by atoms with Crippen LogP contribution in [0.25, 0.3) is 22.3 Å². The molecule has 0 aliphatic rings. The van der Waals surface area contributed by atoms with Gasteiger partial charge in [-0.05, 0) is 43.3 Å². The maximum atomic E-state index is 10.8. The molecule has 0 aliphatic carbocycles. The highest BCUT2D eigenvalue weighted by Crippen LogP contribution is 2.29. The molecule has 21 heavy (non-hydrogen) atoms. The number of fused-ring (bicyclic) bond motifs is 1. The first kappa shape index (κ1) is 13.2. The standard InChI is InChI=1S/C17H14O4/c1-11(17(18)19)20-14-8-6-12(7-9-14)16-10-13-4-2-3-5-15(13)21-16/h2-11H,1H3,(H,18,19). The van der Waals surface area contributed by atoms with Crippen LogP contribution in [0.3, 0.4) is 0 Å². The van der Waals surface area contributed by atoms with Crippen molar-refractivity contribution in [2.45, 2.75) is 13.0 Å². The van der Waals surface area contributed by atoms with E-state index in [-0.39, 0.29) is 0 Å². The molecule has 0 spiro atoms. The number of benzene rings is 2. The lowest BCUT2D eigenvalue weighted by Crippen LogP contribution is -2.22. The number of aliphatic carboxylic acids is 1. The number of carboxylic acids is 1. The van der Waals surface area contributed by atoms with Gasteiger partial charge < -0.3 is 14.3 Å². The maximum absolute atomic E-state index is 10.8. The Morgan fingerprint density at radius 3 is 2.52 bits per heavy atom. The predicted molar refractivity (Wildman–Crippen MR) is 79.4 cm³/mol. The molecule has 1 aromatic heterocycles. The van der Waals surface area contributed by atoms with E-state index in [2.05, 4.69) is 0 Å². The van der Waals surface area contributed by atoms with Crippen molar-refractivity contribution in [3.63, 3.8) is 0 Å². The molecular weight excluding hydrogens is 268 g/mol. The highest BCUT2D eigenvalue weighted by atomic mass is 16.5. The number of rotatable bonds is 4. The number of furan rings is 1. The average molecular weight is 282 g/mol. The Kier molecular flexibility index (Phi) is 3.36. The van der Waals surface area contributed by atoms with Crippen molar-refractivity contribution in [2.24, 2.45) is 0 Å². The van der Waals surface area contributed by atoms with E-state index in [1.54, 1.807) is 12.1 Å². The van der Waals surface area contributed by atoms with Crippen molar-refractivity contribution in [1.29, 1.82) is 0 Å². The third kappa shape index (κ3) is 2.74. The van der Waals surface area contributed by atoms with E-state index in [1.165, 1.54) is 6.92 Å². The molecule has 4 nitrogen and oxygen atoms in total. The van der Waals surface area contributed by atoms with Crippen LogP contribution in [0.15, 0.2) is 59.0 Å². The maximum Gasteiger partial charge on any atom is 0.344 e. The fourth-order valence-electron chi connectivity index (χ4n) is 2.08. The van der Waals surface area contributed by atoms with E-state index in [4.69, 9.17) is 14.3 Å². The molecule has 0 saturated carbocycles. The van der Waals surface area contributed by atoms with E-state index >= 15 is 0 Å². The minimum absolute atomic E-state index is 0.518. The number of carbonyl (C=O) groups is 1. The van der Waals surface area contributed by atoms with Crippen LogP contribution < -0.4 is 4.74 Å². The molecule has 0 radical (unpaired) electrons. The largest absolute Gasteiger partial charge is 0.479 e. The zero-order valence-corrected chi connectivity index (χ0v) is 11.4. The van der Waals surface area contributed by atoms with Gasteiger partial charge >= 0.3 is 5.97 Å². The second-order valence-electron chi connectivity index (χ2n) is 4.77. The van der Waals surface area contributed by atoms with Crippen LogP contribution >= 0.6 is 0 Å². The molecule has 1 heterocycles. The van der Waals surface area contributed by atoms with Gasteiger partial charge in [0.2, 0.25) is 0 Å². The zero-order valence-electron chi connectivity index (χ0n) is 11.4. The van der Waals surface area contributed by atoms with Gasteiger partial charge in [-0.15, -0.1) is 0 Å². The molecule has 2 aromatic carbocycles. The third-order valence-electron chi connectivity index (χ3n) is 3.22. The van der Waals surface area contributed by atoms with Gasteiger partial charge in [0, 0.05) is 10.9 Å². The molecule has 0 aliphatic heterocycles. The van der Waals surface area contributed by atoms with Crippen LogP contribution in [0.1, 0.15) is 6.92 Å². The minimum atomic E-state index is -0.989. The summed E-state index contributed by atoms with van der Waals surface area (Å²) < 4.78 is 11.1. The first-order valence-electron chi connectivity index (χ1n) is 6.62. The number of carboxylic acid groups (broad SMARTS) is 1. The molecule has 1 N–H and O–H groups in total. The van der Waals surface area contributed by atoms with Crippen molar-refractivity contribution < 1.29 is 19.1 Å². The van der Waals surface area contributed by atoms with Crippen LogP contribution in [0.5, 0.6) is 5.75 Å². The summed E-state index contributed by atoms with van der Waals surface area (Å²) in [6, 6.07) is 17.0. The van der Waals surface area contributed by atoms with Gasteiger partial charge in [-0.1, -0.05) is 18.2 Å². The summed E-state index contributed by atoms with van der Waals surface area (Å²) in [5.74, 6) is 0.301. The first-order valence-corrected chi connectivity index (χ1v) is 6.62. The summed E-state index contributed by atoms with van der Waals surface area (Å²) in [5, 5.41) is 9.86. The van der Waals surface area contributed by atoms with Crippen LogP contribution in [-0.4, -0.2) is 17.2 Å². The van der Waals surface area contributed by atoms with Crippen LogP contribution in [0.4, 0.5) is 0 Å². The SMILES string of the molecule is CC(Oc1ccc(-c2cc3ccccc3o2)cc1)C(=O)O. The summed E-state index contributed by atoms with van der Waals surface area (Å²) in [6.07, 6.45) is -0.873. The number of hydrogen-bond donors (Lipinski definition) is 1. The highest BCUT2D eigenvalue weighted by Gasteiger charge is 2.12. The summed E-state index contributed by atoms with van der Waals surface area (Å²) in [5.41, 5.74) is 1.76. The van der Waals surface area contributed by atoms with E-state index < -0.39 is 12.1 Å². The fraction of sp³-hybridized carbons (Fsp3) is 0.118. The molecule has 4 heteroatoms. The Morgan fingerprint density at radius 2 is 1.86 bits per heavy atom. The van der Waals surface area contributed by atoms with Gasteiger partial charge in [0.05, 0.1) is 0 Å². The fourth-order valence-corrected chi connectivity index (χ4v) is 2.08. The van der Waals surface area contributed by atoms with Gasteiger partial charge in [-0.2, -0.15) is 0 Å². The molecule has 1 atom stereocenters. The molecular formula is C17H14O4. The van der Waals surface area contributed by atoms with Crippen molar-refractivity contribution in [1.82, 2.24) is 0 Å². The summed E-state index contributed by atoms with van der Waals surface area (Å²) in [4.78, 5) is 10.8. The van der Waals surface area contributed by atoms with E-state index in [0.29, 0.717) is 5.75 Å². The molecule has 3 rings (SSSR count). The molecule has 0 bridgehead atoms. The smallest absolute Gasteiger partial charge is 0.344 e. The first-order chi connectivity index (χ1) is 10.1. The predicted octanol–water partition coefficient (Wildman–Crippen LogP) is 3.95. The number of para-hydroxylation sites is 1. The molecule has 0 saturated heterocycles. The summed E-state index contributed by atoms with van der Waals surface area (Å²) in [6.45, 7) is 1.50. The van der Waals surface area contributed by atoms with Crippen molar-refractivity contribution in [3.05, 3.63) is 54.6 Å². The quantitative estimate of drug-likeness (QED) is 0.787. The van der Waals surface area contributed by atoms with E-state index in [1.807, 2.05) is 42.5 Å². The molecule has 0 fully saturated rings. The van der Waals surface area contributed by atoms with Crippen LogP contribution in [0, 0.1) is 0 Å². The summed E-state index contributed by atoms with van der Waals surface area (Å²) >= 11 is 0. The van der Waals surface area contributed by atoms with Crippen molar-refractivity contribution in [2.75, 3.05) is 0 Å². The van der Waals surface area contributed by atoms with Gasteiger partial charge in [0.15, 0.2) is 6.10 Å². The highest BCUT2D eigenvalue weighted by molar-refractivity contribution is 5.82. The van der Waals surface area contributed by atoms with Gasteiger partial charge in [0.25, 0.3) is 0 Å². The lowest BCUT2D eigenvalue weighted by atomic mass is 10.1. The van der Waals surface area contributed by atoms with Crippen molar-refractivity contribution in [3.8, 4) is 17.1 Å². The topological polar surface area (TPSA) is 59.7 Å². The van der Waals surface area contributed by atoms with E-state index in [9.17, 15) is 4.79 Å². The average Bonchev–Trinajstić information content (AvgIpc) is 2.91. The van der Waals surface area contributed by atoms with Crippen LogP contribution in [0.2, 0.25) is 0 Å². The second-order valence-corrected chi connectivity index (χ2v) is 4.77. The van der Waals surface area contributed by atoms with Gasteiger partial charge in [-0.25, -0.2) is 4.79 Å². The van der Waals surface area contributed by atoms with Gasteiger partial charge in [-0.3, -0.25) is 0 Å². The summed E-state index contributed by atoms with van der Waals surface area (Å²) in [7, 11) is 0. The monoisotopic (exact) mass is 282 g/mol. The van der Waals surface area contributed by atoms with Crippen molar-refractivity contribution >= 4 is 16.9 Å². The number of hydrogen-bond acceptors (Lipinski definition) is 3. The number of ether oxygens (including phenoxy) is 1. The zero-order chi connectivity index (χ0) is 14.8. The lowest BCUT2D eigenvalue weighted by molar-refractivity contribution is -0.144. The van der Waals surface area contributed by atoms with Crippen LogP contribution in [-0.2, 0) is 4.79 Å². The Balaban J connectivity index is 1.85. The molecule has 3 aromatic rings. The Labute approximate surface area is 121 Å². The van der Waals surface area contributed by atoms with E-state index in [0.717, 1.165) is 22.3 Å². The third-order valence-corrected chi connectivity index (χ3v) is 3.22. The molecule has 1 unspecified atom stereocenters. The molecule has 0 amide bonds. The Hall–Kier alpha value is -2.75. The Morgan fingerprint density at radius 1 is 1.14 bits per heavy atom. The van der Waals surface area contributed by atoms with Gasteiger partial charge in [0.1, 0.15) is 17.1 Å². The minimum Gasteiger partial charge on any atom is -0.479 e.